The van der Waals surface area contributed by atoms with E-state index in [0.717, 1.165) is 47.3 Å². The van der Waals surface area contributed by atoms with E-state index in [1.807, 2.05) is 30.0 Å². The normalized spacial score (nSPS) is 19.3. The number of imidazole rings is 1. The molecule has 102 valence electrons. The third-order valence-corrected chi connectivity index (χ3v) is 4.84. The lowest BCUT2D eigenvalue weighted by molar-refractivity contribution is 0.542. The van der Waals surface area contributed by atoms with Gasteiger partial charge in [0.1, 0.15) is 5.82 Å². The van der Waals surface area contributed by atoms with Crippen LogP contribution in [0.4, 0.5) is 0 Å². The van der Waals surface area contributed by atoms with Crippen LogP contribution in [0.15, 0.2) is 18.2 Å². The summed E-state index contributed by atoms with van der Waals surface area (Å²) in [5.41, 5.74) is 2.03. The number of benzene rings is 1. The minimum atomic E-state index is 0.722. The van der Waals surface area contributed by atoms with E-state index in [0.29, 0.717) is 0 Å². The number of fused-ring (bicyclic) bond motifs is 1. The number of H-pyrrole nitrogens is 1. The van der Waals surface area contributed by atoms with Gasteiger partial charge in [0.15, 0.2) is 0 Å². The van der Waals surface area contributed by atoms with Crippen LogP contribution in [0.25, 0.3) is 11.0 Å². The summed E-state index contributed by atoms with van der Waals surface area (Å²) < 4.78 is 0. The fourth-order valence-corrected chi connectivity index (χ4v) is 3.77. The molecule has 0 radical (unpaired) electrons. The highest BCUT2D eigenvalue weighted by Crippen LogP contribution is 2.18. The van der Waals surface area contributed by atoms with Crippen LogP contribution >= 0.6 is 23.4 Å². The maximum atomic E-state index is 5.97. The first kappa shape index (κ1) is 13.3. The summed E-state index contributed by atoms with van der Waals surface area (Å²) in [5, 5.41) is 4.36. The number of aromatic amines is 1. The quantitative estimate of drug-likeness (QED) is 0.832. The van der Waals surface area contributed by atoms with E-state index >= 15 is 0 Å². The van der Waals surface area contributed by atoms with E-state index in [1.54, 1.807) is 0 Å². The molecule has 0 saturated carbocycles. The van der Waals surface area contributed by atoms with Gasteiger partial charge in [0.2, 0.25) is 0 Å². The van der Waals surface area contributed by atoms with E-state index in [-0.39, 0.29) is 0 Å². The van der Waals surface area contributed by atoms with Crippen LogP contribution in [-0.4, -0.2) is 34.1 Å². The molecule has 0 amide bonds. The molecule has 2 aromatic rings. The number of halogens is 1. The SMILES string of the molecule is Clc1ccc2nc(CCCN[C@@H]3CCSC3)[nH]c2c1. The van der Waals surface area contributed by atoms with Gasteiger partial charge in [0.05, 0.1) is 11.0 Å². The zero-order valence-corrected chi connectivity index (χ0v) is 12.4. The molecule has 1 atom stereocenters. The van der Waals surface area contributed by atoms with Gasteiger partial charge in [0, 0.05) is 23.2 Å². The molecule has 19 heavy (non-hydrogen) atoms. The number of nitrogens with zero attached hydrogens (tertiary/aromatic N) is 1. The van der Waals surface area contributed by atoms with Gasteiger partial charge < -0.3 is 10.3 Å². The van der Waals surface area contributed by atoms with E-state index in [4.69, 9.17) is 11.6 Å². The number of nitrogens with one attached hydrogen (secondary N) is 2. The molecule has 1 aliphatic heterocycles. The molecule has 0 aliphatic carbocycles. The fourth-order valence-electron chi connectivity index (χ4n) is 2.41. The summed E-state index contributed by atoms with van der Waals surface area (Å²) in [7, 11) is 0. The smallest absolute Gasteiger partial charge is 0.107 e. The maximum absolute atomic E-state index is 5.97. The molecular weight excluding hydrogens is 278 g/mol. The van der Waals surface area contributed by atoms with Crippen LogP contribution in [0.3, 0.4) is 0 Å². The monoisotopic (exact) mass is 295 g/mol. The van der Waals surface area contributed by atoms with E-state index < -0.39 is 0 Å². The van der Waals surface area contributed by atoms with Crippen LogP contribution in [0.5, 0.6) is 0 Å². The zero-order valence-electron chi connectivity index (χ0n) is 10.8. The molecule has 1 saturated heterocycles. The first-order valence-electron chi connectivity index (χ1n) is 6.76. The standard InChI is InChI=1S/C14H18ClN3S/c15-10-3-4-12-13(8-10)18-14(17-12)2-1-6-16-11-5-7-19-9-11/h3-4,8,11,16H,1-2,5-7,9H2,(H,17,18)/t11-/m1/s1. The highest BCUT2D eigenvalue weighted by atomic mass is 35.5. The molecule has 3 nitrogen and oxygen atoms in total. The van der Waals surface area contributed by atoms with Crippen LogP contribution in [0.2, 0.25) is 5.02 Å². The van der Waals surface area contributed by atoms with Crippen molar-refractivity contribution in [2.45, 2.75) is 25.3 Å². The van der Waals surface area contributed by atoms with Crippen molar-refractivity contribution in [3.63, 3.8) is 0 Å². The summed E-state index contributed by atoms with van der Waals surface area (Å²) in [6.07, 6.45) is 3.42. The van der Waals surface area contributed by atoms with Gasteiger partial charge in [0.25, 0.3) is 0 Å². The van der Waals surface area contributed by atoms with Crippen LogP contribution < -0.4 is 5.32 Å². The Balaban J connectivity index is 1.50. The third-order valence-electron chi connectivity index (χ3n) is 3.45. The second kappa shape index (κ2) is 6.16. The lowest BCUT2D eigenvalue weighted by Gasteiger charge is -2.09. The molecule has 5 heteroatoms. The number of aryl methyl sites for hydroxylation is 1. The van der Waals surface area contributed by atoms with Crippen molar-refractivity contribution in [1.29, 1.82) is 0 Å². The molecule has 1 fully saturated rings. The molecule has 2 heterocycles. The van der Waals surface area contributed by atoms with Crippen molar-refractivity contribution in [3.05, 3.63) is 29.0 Å². The second-order valence-electron chi connectivity index (χ2n) is 4.96. The minimum Gasteiger partial charge on any atom is -0.342 e. The first-order valence-corrected chi connectivity index (χ1v) is 8.30. The van der Waals surface area contributed by atoms with E-state index in [2.05, 4.69) is 15.3 Å². The van der Waals surface area contributed by atoms with Crippen molar-refractivity contribution in [2.75, 3.05) is 18.1 Å². The Hall–Kier alpha value is -0.710. The molecule has 1 aromatic carbocycles. The molecule has 0 unspecified atom stereocenters. The van der Waals surface area contributed by atoms with Gasteiger partial charge in [-0.3, -0.25) is 0 Å². The van der Waals surface area contributed by atoms with Gasteiger partial charge in [-0.2, -0.15) is 11.8 Å². The first-order chi connectivity index (χ1) is 9.31. The average molecular weight is 296 g/mol. The third kappa shape index (κ3) is 3.44. The Kier molecular flexibility index (Phi) is 4.31. The summed E-state index contributed by atoms with van der Waals surface area (Å²) in [6.45, 7) is 1.07. The van der Waals surface area contributed by atoms with Crippen molar-refractivity contribution in [2.24, 2.45) is 0 Å². The van der Waals surface area contributed by atoms with Crippen molar-refractivity contribution in [3.8, 4) is 0 Å². The molecule has 1 aliphatic rings. The summed E-state index contributed by atoms with van der Waals surface area (Å²) in [6, 6.07) is 6.50. The van der Waals surface area contributed by atoms with Crippen LogP contribution in [-0.2, 0) is 6.42 Å². The van der Waals surface area contributed by atoms with Gasteiger partial charge in [-0.05, 0) is 43.3 Å². The molecule has 0 bridgehead atoms. The Morgan fingerprint density at radius 3 is 3.26 bits per heavy atom. The Morgan fingerprint density at radius 1 is 1.47 bits per heavy atom. The Bertz CT molecular complexity index is 549. The van der Waals surface area contributed by atoms with Gasteiger partial charge in [-0.15, -0.1) is 0 Å². The second-order valence-corrected chi connectivity index (χ2v) is 6.55. The molecule has 2 N–H and O–H groups in total. The number of rotatable bonds is 5. The fraction of sp³-hybridized carbons (Fsp3) is 0.500. The van der Waals surface area contributed by atoms with E-state index in [9.17, 15) is 0 Å². The van der Waals surface area contributed by atoms with E-state index in [1.165, 1.54) is 17.9 Å². The number of hydrogen-bond acceptors (Lipinski definition) is 3. The largest absolute Gasteiger partial charge is 0.342 e. The number of aromatic nitrogens is 2. The highest BCUT2D eigenvalue weighted by Gasteiger charge is 2.13. The number of thioether (sulfide) groups is 1. The predicted octanol–water partition coefficient (Wildman–Crippen LogP) is 3.24. The summed E-state index contributed by atoms with van der Waals surface area (Å²) >= 11 is 8.02. The topological polar surface area (TPSA) is 40.7 Å². The predicted molar refractivity (Wildman–Crippen MR) is 83.2 cm³/mol. The molecule has 3 rings (SSSR count). The van der Waals surface area contributed by atoms with Crippen LogP contribution in [0, 0.1) is 0 Å². The van der Waals surface area contributed by atoms with Gasteiger partial charge in [-0.25, -0.2) is 4.98 Å². The highest BCUT2D eigenvalue weighted by molar-refractivity contribution is 7.99. The van der Waals surface area contributed by atoms with Gasteiger partial charge >= 0.3 is 0 Å². The van der Waals surface area contributed by atoms with Crippen molar-refractivity contribution in [1.82, 2.24) is 15.3 Å². The minimum absolute atomic E-state index is 0.722. The Morgan fingerprint density at radius 2 is 2.42 bits per heavy atom. The lowest BCUT2D eigenvalue weighted by Crippen LogP contribution is -2.29. The van der Waals surface area contributed by atoms with Crippen LogP contribution in [0.1, 0.15) is 18.7 Å². The molecular formula is C14H18ClN3S. The zero-order chi connectivity index (χ0) is 13.1. The van der Waals surface area contributed by atoms with Gasteiger partial charge in [-0.1, -0.05) is 11.6 Å². The molecule has 0 spiro atoms. The summed E-state index contributed by atoms with van der Waals surface area (Å²) in [4.78, 5) is 7.91. The maximum Gasteiger partial charge on any atom is 0.107 e. The lowest BCUT2D eigenvalue weighted by atomic mass is 10.2. The van der Waals surface area contributed by atoms with Crippen molar-refractivity contribution >= 4 is 34.4 Å². The Labute approximate surface area is 122 Å². The van der Waals surface area contributed by atoms with Crippen molar-refractivity contribution < 1.29 is 0 Å². The summed E-state index contributed by atoms with van der Waals surface area (Å²) in [5.74, 6) is 3.63. The number of hydrogen-bond donors (Lipinski definition) is 2. The molecule has 1 aromatic heterocycles. The average Bonchev–Trinajstić information content (AvgIpc) is 3.02.